The maximum Gasteiger partial charge on any atom is 0.344 e. The lowest BCUT2D eigenvalue weighted by atomic mass is 10.3. The lowest BCUT2D eigenvalue weighted by Gasteiger charge is -2.19. The molecule has 2 atom stereocenters. The van der Waals surface area contributed by atoms with Crippen LogP contribution in [0.1, 0.15) is 38.5 Å². The first-order chi connectivity index (χ1) is 21.4. The Kier molecular flexibility index (Phi) is 26.9. The van der Waals surface area contributed by atoms with Crippen LogP contribution in [0.3, 0.4) is 0 Å². The highest BCUT2D eigenvalue weighted by atomic mass is 32.2. The van der Waals surface area contributed by atoms with Crippen molar-refractivity contribution in [3.05, 3.63) is 0 Å². The van der Waals surface area contributed by atoms with Gasteiger partial charge in [-0.25, -0.2) is 0 Å². The highest BCUT2D eigenvalue weighted by Gasteiger charge is 2.27. The molecule has 30 heteroatoms. The molecule has 9 N–H and O–H groups in total. The second-order valence-corrected chi connectivity index (χ2v) is 19.7. The highest BCUT2D eigenvalue weighted by molar-refractivity contribution is 7.86. The molecule has 0 bridgehead atoms. The monoisotopic (exact) mass is 831 g/mol. The van der Waals surface area contributed by atoms with E-state index in [2.05, 4.69) is 9.05 Å². The Morgan fingerprint density at radius 2 is 0.688 bits per heavy atom. The van der Waals surface area contributed by atoms with Gasteiger partial charge in [0.05, 0.1) is 23.0 Å². The molecule has 0 aromatic carbocycles. The topological polar surface area (TPSA) is 381 Å². The van der Waals surface area contributed by atoms with E-state index >= 15 is 0 Å². The molecule has 0 spiro atoms. The summed E-state index contributed by atoms with van der Waals surface area (Å²) in [6.07, 6.45) is -0.206. The first kappa shape index (κ1) is 52.1. The third kappa shape index (κ3) is 43.7. The quantitative estimate of drug-likeness (QED) is 0.0256. The summed E-state index contributed by atoms with van der Waals surface area (Å²) < 4.78 is 146. The van der Waals surface area contributed by atoms with Crippen LogP contribution in [0, 0.1) is 0 Å². The minimum atomic E-state index is -4.04. The van der Waals surface area contributed by atoms with Crippen molar-refractivity contribution in [2.24, 2.45) is 0 Å². The van der Waals surface area contributed by atoms with Gasteiger partial charge >= 0.3 is 15.2 Å². The van der Waals surface area contributed by atoms with Crippen molar-refractivity contribution in [2.45, 2.75) is 38.5 Å². The highest BCUT2D eigenvalue weighted by Crippen LogP contribution is 2.45. The molecule has 0 aromatic heterocycles. The predicted octanol–water partition coefficient (Wildman–Crippen LogP) is -0.497. The molecule has 0 amide bonds. The molecule has 294 valence electrons. The zero-order valence-corrected chi connectivity index (χ0v) is 31.2. The first-order valence-corrected chi connectivity index (χ1v) is 23.3. The molecule has 0 saturated heterocycles. The number of rotatable bonds is 24. The SMILES string of the molecule is COP(=O)(O)CN(O)CP(=O)(O)OC.O=S(=O)(O)CCCCN(O)CCCCS(=O)(=O)O.O=S(=O)(O)CCCN(O)CCCS(=O)(=O)O. The molecule has 0 rings (SSSR count). The summed E-state index contributed by atoms with van der Waals surface area (Å²) in [5.41, 5.74) is 0. The van der Waals surface area contributed by atoms with E-state index in [-0.39, 0.29) is 68.4 Å². The molecule has 24 nitrogen and oxygen atoms in total. The molecule has 2 unspecified atom stereocenters. The van der Waals surface area contributed by atoms with Gasteiger partial charge in [0.1, 0.15) is 12.6 Å². The maximum atomic E-state index is 10.9. The number of hydrogen-bond acceptors (Lipinski definition) is 18. The van der Waals surface area contributed by atoms with Gasteiger partial charge < -0.3 is 34.5 Å². The summed E-state index contributed by atoms with van der Waals surface area (Å²) in [7, 11) is -21.9. The van der Waals surface area contributed by atoms with Crippen LogP contribution in [0.5, 0.6) is 0 Å². The average molecular weight is 832 g/mol. The number of hydrogen-bond donors (Lipinski definition) is 9. The van der Waals surface area contributed by atoms with Crippen molar-refractivity contribution in [1.82, 2.24) is 15.2 Å². The minimum Gasteiger partial charge on any atom is -0.323 e. The Hall–Kier alpha value is -0.300. The molecule has 0 aromatic rings. The lowest BCUT2D eigenvalue weighted by molar-refractivity contribution is -0.0919. The Balaban J connectivity index is -0.000000638. The third-order valence-electron chi connectivity index (χ3n) is 5.03. The first-order valence-electron chi connectivity index (χ1n) is 13.3. The van der Waals surface area contributed by atoms with Crippen molar-refractivity contribution >= 4 is 55.7 Å². The fourth-order valence-electron chi connectivity index (χ4n) is 2.81. The van der Waals surface area contributed by atoms with Crippen LogP contribution in [0.25, 0.3) is 0 Å². The van der Waals surface area contributed by atoms with Crippen molar-refractivity contribution in [2.75, 3.05) is 76.0 Å². The minimum absolute atomic E-state index is 0.00866. The molecule has 0 aliphatic heterocycles. The van der Waals surface area contributed by atoms with Crippen LogP contribution in [0.15, 0.2) is 0 Å². The molecular weight excluding hydrogens is 784 g/mol. The van der Waals surface area contributed by atoms with Crippen LogP contribution in [0.2, 0.25) is 0 Å². The van der Waals surface area contributed by atoms with Crippen LogP contribution in [0.4, 0.5) is 0 Å². The van der Waals surface area contributed by atoms with Gasteiger partial charge in [-0.1, -0.05) is 0 Å². The predicted molar refractivity (Wildman–Crippen MR) is 167 cm³/mol. The summed E-state index contributed by atoms with van der Waals surface area (Å²) in [5, 5.41) is 29.3. The van der Waals surface area contributed by atoms with E-state index in [0.717, 1.165) is 24.3 Å². The van der Waals surface area contributed by atoms with E-state index in [9.17, 15) is 48.0 Å². The van der Waals surface area contributed by atoms with E-state index in [1.807, 2.05) is 0 Å². The third-order valence-corrected chi connectivity index (χ3v) is 10.8. The van der Waals surface area contributed by atoms with E-state index in [0.29, 0.717) is 12.8 Å². The molecule has 0 saturated carbocycles. The van der Waals surface area contributed by atoms with E-state index in [4.69, 9.17) is 38.4 Å². The Morgan fingerprint density at radius 1 is 0.458 bits per heavy atom. The fourth-order valence-corrected chi connectivity index (χ4v) is 6.35. The molecule has 0 fully saturated rings. The number of nitrogens with zero attached hydrogens (tertiary/aromatic N) is 3. The van der Waals surface area contributed by atoms with Gasteiger partial charge in [0.2, 0.25) is 0 Å². The van der Waals surface area contributed by atoms with Gasteiger partial charge in [0, 0.05) is 40.4 Å². The van der Waals surface area contributed by atoms with Crippen molar-refractivity contribution in [1.29, 1.82) is 0 Å². The number of hydroxylamine groups is 6. The summed E-state index contributed by atoms with van der Waals surface area (Å²) in [6, 6.07) is 0. The van der Waals surface area contributed by atoms with Crippen LogP contribution < -0.4 is 0 Å². The Bertz CT molecular complexity index is 1310. The second kappa shape index (κ2) is 24.8. The molecule has 0 heterocycles. The zero-order chi connectivity index (χ0) is 38.5. The molecule has 0 radical (unpaired) electrons. The summed E-state index contributed by atoms with van der Waals surface area (Å²) in [4.78, 5) is 17.8. The van der Waals surface area contributed by atoms with Gasteiger partial charge in [-0.05, 0) is 38.5 Å². The summed E-state index contributed by atoms with van der Waals surface area (Å²) in [5.74, 6) is -1.63. The normalized spacial score (nSPS) is 15.3. The van der Waals surface area contributed by atoms with Crippen LogP contribution in [-0.4, -0.2) is 168 Å². The van der Waals surface area contributed by atoms with Gasteiger partial charge in [-0.15, -0.1) is 0 Å². The summed E-state index contributed by atoms with van der Waals surface area (Å²) >= 11 is 0. The van der Waals surface area contributed by atoms with Crippen molar-refractivity contribution < 1.29 is 95.5 Å². The van der Waals surface area contributed by atoms with E-state index < -0.39 is 79.7 Å². The van der Waals surface area contributed by atoms with E-state index in [1.165, 1.54) is 0 Å². The van der Waals surface area contributed by atoms with Gasteiger partial charge in [-0.3, -0.25) is 27.3 Å². The maximum absolute atomic E-state index is 10.9. The van der Waals surface area contributed by atoms with Gasteiger partial charge in [0.15, 0.2) is 0 Å². The fraction of sp³-hybridized carbons (Fsp3) is 1.00. The van der Waals surface area contributed by atoms with E-state index in [1.54, 1.807) is 0 Å². The van der Waals surface area contributed by atoms with Gasteiger partial charge in [-0.2, -0.15) is 48.9 Å². The van der Waals surface area contributed by atoms with Gasteiger partial charge in [0.25, 0.3) is 40.5 Å². The van der Waals surface area contributed by atoms with Crippen molar-refractivity contribution in [3.8, 4) is 0 Å². The van der Waals surface area contributed by atoms with Crippen molar-refractivity contribution in [3.63, 3.8) is 0 Å². The zero-order valence-electron chi connectivity index (χ0n) is 26.1. The number of unbranched alkanes of at least 4 members (excludes halogenated alkanes) is 2. The van der Waals surface area contributed by atoms with Crippen LogP contribution >= 0.6 is 15.2 Å². The molecule has 0 aliphatic rings. The smallest absolute Gasteiger partial charge is 0.323 e. The largest absolute Gasteiger partial charge is 0.344 e. The lowest BCUT2D eigenvalue weighted by Crippen LogP contribution is -2.25. The Morgan fingerprint density at radius 3 is 0.917 bits per heavy atom. The second-order valence-electron chi connectivity index (χ2n) is 9.60. The summed E-state index contributed by atoms with van der Waals surface area (Å²) in [6.45, 7) is 0.458. The molecule has 48 heavy (non-hydrogen) atoms. The Labute approximate surface area is 280 Å². The average Bonchev–Trinajstić information content (AvgIpc) is 2.87. The van der Waals surface area contributed by atoms with Crippen LogP contribution in [-0.2, 0) is 58.7 Å². The standard InChI is InChI=1S/C8H19NO7S2.C6H15NO7S2.C4H13NO7P2/c10-9(5-1-3-7-17(11,12)13)6-2-4-8-18(14,15)16;8-7(3-1-5-15(9,10)11)4-2-6-16(12,13)14;1-11-13(7,8)3-5(6)4-14(9,10)12-2/h10H,1-8H2,(H,11,12,13)(H,14,15,16);8H,1-6H2,(H,9,10,11)(H,12,13,14);6H,3-4H2,1-2H3,(H,7,8)(H,9,10). The molecule has 0 aliphatic carbocycles. The molecular formula is C18H47N3O21P2S4.